The van der Waals surface area contributed by atoms with Crippen molar-refractivity contribution in [2.45, 2.75) is 62.8 Å². The van der Waals surface area contributed by atoms with Gasteiger partial charge in [-0.1, -0.05) is 17.7 Å². The quantitative estimate of drug-likeness (QED) is 0.253. The number of carbonyl (C=O) groups excluding carboxylic acids is 5. The van der Waals surface area contributed by atoms with Gasteiger partial charge >= 0.3 is 0 Å². The number of aromatic nitrogens is 2. The third-order valence-corrected chi connectivity index (χ3v) is 12.6. The van der Waals surface area contributed by atoms with Crippen LogP contribution in [0.5, 0.6) is 5.75 Å². The fraction of sp³-hybridized carbons (Fsp3) is 0.450. The molecule has 6 heterocycles. The first-order valence-corrected chi connectivity index (χ1v) is 19.7. The topological polar surface area (TPSA) is 162 Å². The number of rotatable bonds is 8. The van der Waals surface area contributed by atoms with Crippen LogP contribution in [0.2, 0.25) is 5.02 Å². The zero-order valence-electron chi connectivity index (χ0n) is 30.8. The van der Waals surface area contributed by atoms with Gasteiger partial charge in [0, 0.05) is 57.8 Å². The van der Waals surface area contributed by atoms with E-state index in [1.54, 1.807) is 24.4 Å². The Labute approximate surface area is 332 Å². The number of imide groups is 2. The van der Waals surface area contributed by atoms with Crippen LogP contribution in [0.15, 0.2) is 42.7 Å². The van der Waals surface area contributed by atoms with Crippen LogP contribution in [0.4, 0.5) is 21.6 Å². The zero-order valence-corrected chi connectivity index (χ0v) is 31.6. The SMILES string of the molecule is [C-]#[N+]c1ccc(OC2CCC(NC(=O)c3cnc(N4CC(N5CC6CN(c7cc8c(cc7F)C(=O)N(C7CCC(=O)NC7=O)C8=O)CC6C5)C4)cn3)CC2)cc1Cl. The summed E-state index contributed by atoms with van der Waals surface area (Å²) in [6, 6.07) is 6.85. The second-order valence-electron chi connectivity index (χ2n) is 15.8. The predicted octanol–water partition coefficient (Wildman–Crippen LogP) is 3.60. The highest BCUT2D eigenvalue weighted by Crippen LogP contribution is 2.40. The van der Waals surface area contributed by atoms with Gasteiger partial charge in [0.1, 0.15) is 29.1 Å². The van der Waals surface area contributed by atoms with Gasteiger partial charge in [0.05, 0.1) is 46.9 Å². The molecular weight excluding hydrogens is 757 g/mol. The molecule has 3 atom stereocenters. The Morgan fingerprint density at radius 2 is 1.61 bits per heavy atom. The molecule has 0 spiro atoms. The molecule has 17 heteroatoms. The lowest BCUT2D eigenvalue weighted by Crippen LogP contribution is -2.59. The lowest BCUT2D eigenvalue weighted by molar-refractivity contribution is -0.136. The lowest BCUT2D eigenvalue weighted by Gasteiger charge is -2.45. The highest BCUT2D eigenvalue weighted by molar-refractivity contribution is 6.33. The summed E-state index contributed by atoms with van der Waals surface area (Å²) in [5.41, 5.74) is 0.938. The van der Waals surface area contributed by atoms with E-state index in [1.165, 1.54) is 12.3 Å². The van der Waals surface area contributed by atoms with Crippen molar-refractivity contribution in [3.8, 4) is 5.75 Å². The van der Waals surface area contributed by atoms with Crippen LogP contribution in [0.25, 0.3) is 4.85 Å². The smallest absolute Gasteiger partial charge is 0.271 e. The van der Waals surface area contributed by atoms with E-state index in [4.69, 9.17) is 22.9 Å². The fourth-order valence-corrected chi connectivity index (χ4v) is 9.36. The molecule has 2 aromatic carbocycles. The largest absolute Gasteiger partial charge is 0.490 e. The van der Waals surface area contributed by atoms with Crippen molar-refractivity contribution in [2.24, 2.45) is 11.8 Å². The number of fused-ring (bicyclic) bond motifs is 2. The fourth-order valence-electron chi connectivity index (χ4n) is 9.15. The van der Waals surface area contributed by atoms with Crippen molar-refractivity contribution in [1.29, 1.82) is 0 Å². The molecule has 57 heavy (non-hydrogen) atoms. The lowest BCUT2D eigenvalue weighted by atomic mass is 9.93. The minimum atomic E-state index is -1.10. The highest BCUT2D eigenvalue weighted by atomic mass is 35.5. The number of anilines is 2. The molecule has 15 nitrogen and oxygen atoms in total. The van der Waals surface area contributed by atoms with Crippen LogP contribution in [0.1, 0.15) is 69.7 Å². The van der Waals surface area contributed by atoms with Gasteiger partial charge < -0.3 is 19.9 Å². The van der Waals surface area contributed by atoms with Crippen LogP contribution in [0, 0.1) is 24.2 Å². The van der Waals surface area contributed by atoms with Crippen molar-refractivity contribution in [3.05, 3.63) is 81.8 Å². The zero-order chi connectivity index (χ0) is 39.5. The molecule has 0 radical (unpaired) electrons. The number of amides is 5. The molecule has 5 amide bonds. The number of nitrogens with zero attached hydrogens (tertiary/aromatic N) is 7. The summed E-state index contributed by atoms with van der Waals surface area (Å²) in [5, 5.41) is 5.63. The minimum Gasteiger partial charge on any atom is -0.490 e. The summed E-state index contributed by atoms with van der Waals surface area (Å²) in [6.07, 6.45) is 6.30. The van der Waals surface area contributed by atoms with E-state index < -0.39 is 35.5 Å². The predicted molar refractivity (Wildman–Crippen MR) is 204 cm³/mol. The number of nitrogens with one attached hydrogen (secondary N) is 2. The molecule has 4 saturated heterocycles. The second kappa shape index (κ2) is 14.7. The van der Waals surface area contributed by atoms with Gasteiger partial charge in [-0.2, -0.15) is 0 Å². The Hall–Kier alpha value is -5.66. The maximum atomic E-state index is 15.5. The highest BCUT2D eigenvalue weighted by Gasteiger charge is 2.48. The molecule has 5 fully saturated rings. The van der Waals surface area contributed by atoms with Crippen LogP contribution in [0.3, 0.4) is 0 Å². The average molecular weight is 796 g/mol. The van der Waals surface area contributed by atoms with Gasteiger partial charge in [-0.3, -0.25) is 39.1 Å². The maximum Gasteiger partial charge on any atom is 0.271 e. The summed E-state index contributed by atoms with van der Waals surface area (Å²) in [7, 11) is 0. The number of carbonyl (C=O) groups is 5. The Balaban J connectivity index is 0.730. The Morgan fingerprint density at radius 3 is 2.26 bits per heavy atom. The van der Waals surface area contributed by atoms with Gasteiger partial charge in [-0.05, 0) is 68.2 Å². The Kier molecular flexibility index (Phi) is 9.52. The number of hydrogen-bond acceptors (Lipinski definition) is 11. The molecule has 9 rings (SSSR count). The van der Waals surface area contributed by atoms with E-state index in [1.807, 2.05) is 4.90 Å². The van der Waals surface area contributed by atoms with Crippen molar-refractivity contribution < 1.29 is 33.1 Å². The van der Waals surface area contributed by atoms with Gasteiger partial charge in [0.25, 0.3) is 17.7 Å². The van der Waals surface area contributed by atoms with E-state index in [0.717, 1.165) is 62.8 Å². The maximum absolute atomic E-state index is 15.5. The third kappa shape index (κ3) is 6.92. The molecule has 1 saturated carbocycles. The normalized spacial score (nSPS) is 26.2. The number of benzene rings is 2. The van der Waals surface area contributed by atoms with Gasteiger partial charge in [-0.15, -0.1) is 0 Å². The van der Waals surface area contributed by atoms with Crippen molar-refractivity contribution >= 4 is 58.3 Å². The van der Waals surface area contributed by atoms with E-state index >= 15 is 4.39 Å². The molecule has 3 aromatic rings. The Bertz CT molecular complexity index is 2210. The molecule has 2 N–H and O–H groups in total. The van der Waals surface area contributed by atoms with E-state index in [2.05, 4.69) is 35.2 Å². The summed E-state index contributed by atoms with van der Waals surface area (Å²) < 4.78 is 21.6. The molecule has 0 bridgehead atoms. The van der Waals surface area contributed by atoms with Gasteiger partial charge in [-0.25, -0.2) is 19.2 Å². The second-order valence-corrected chi connectivity index (χ2v) is 16.2. The van der Waals surface area contributed by atoms with Crippen LogP contribution in [-0.4, -0.2) is 113 Å². The number of piperidine rings is 1. The molecule has 6 aliphatic rings. The Morgan fingerprint density at radius 1 is 0.895 bits per heavy atom. The van der Waals surface area contributed by atoms with Crippen LogP contribution in [-0.2, 0) is 9.59 Å². The number of halogens is 2. The molecule has 294 valence electrons. The molecule has 1 aliphatic carbocycles. The van der Waals surface area contributed by atoms with Gasteiger partial charge in [0.15, 0.2) is 0 Å². The first kappa shape index (κ1) is 36.9. The molecule has 5 aliphatic heterocycles. The first-order valence-electron chi connectivity index (χ1n) is 19.3. The molecular formula is C40H39ClFN9O6. The minimum absolute atomic E-state index is 0.00684. The monoisotopic (exact) mass is 795 g/mol. The molecule has 3 unspecified atom stereocenters. The van der Waals surface area contributed by atoms with E-state index in [-0.39, 0.29) is 53.4 Å². The first-order chi connectivity index (χ1) is 27.5. The number of likely N-dealkylation sites (tertiary alicyclic amines) is 1. The van der Waals surface area contributed by atoms with E-state index in [0.29, 0.717) is 53.2 Å². The van der Waals surface area contributed by atoms with Crippen LogP contribution < -0.4 is 25.2 Å². The standard InChI is InChI=1S/C40H39ClFN9O6/c1-43-31-7-6-26(10-29(31)41)57-25-4-2-23(3-5-25)46-37(53)32-13-45-35(14-44-32)50-19-24(20-50)48-15-21-17-49(18-22(21)16-48)34-12-28-27(11-30(34)42)39(55)51(40(28)56)33-8-9-36(52)47-38(33)54/h6-7,10-14,21-25,33H,2-5,8-9,15-20H2,(H,46,53)(H,47,52,54). The van der Waals surface area contributed by atoms with Crippen molar-refractivity contribution in [3.63, 3.8) is 0 Å². The van der Waals surface area contributed by atoms with Crippen molar-refractivity contribution in [1.82, 2.24) is 30.4 Å². The van der Waals surface area contributed by atoms with Crippen molar-refractivity contribution in [2.75, 3.05) is 49.1 Å². The average Bonchev–Trinajstić information content (AvgIpc) is 3.82. The summed E-state index contributed by atoms with van der Waals surface area (Å²) in [6.45, 7) is 11.7. The summed E-state index contributed by atoms with van der Waals surface area (Å²) in [5.74, 6) is -1.40. The third-order valence-electron chi connectivity index (χ3n) is 12.3. The number of hydrogen-bond donors (Lipinski definition) is 2. The summed E-state index contributed by atoms with van der Waals surface area (Å²) >= 11 is 6.14. The van der Waals surface area contributed by atoms with E-state index in [9.17, 15) is 24.0 Å². The van der Waals surface area contributed by atoms with Gasteiger partial charge in [0.2, 0.25) is 17.5 Å². The number of ether oxygens (including phenoxy) is 1. The molecule has 1 aromatic heterocycles. The van der Waals surface area contributed by atoms with Crippen LogP contribution >= 0.6 is 11.6 Å². The summed E-state index contributed by atoms with van der Waals surface area (Å²) in [4.78, 5) is 83.2.